The van der Waals surface area contributed by atoms with Crippen molar-refractivity contribution in [2.24, 2.45) is 5.16 Å². The molecule has 22 heavy (non-hydrogen) atoms. The maximum atomic E-state index is 11.4. The third-order valence-corrected chi connectivity index (χ3v) is 3.38. The Hall–Kier alpha value is -2.87. The summed E-state index contributed by atoms with van der Waals surface area (Å²) in [5.74, 6) is -3.19. The van der Waals surface area contributed by atoms with Crippen LogP contribution < -0.4 is 0 Å². The van der Waals surface area contributed by atoms with E-state index in [0.717, 1.165) is 10.9 Å². The second kappa shape index (κ2) is 5.86. The summed E-state index contributed by atoms with van der Waals surface area (Å²) in [6.07, 6.45) is 0.390. The molecule has 8 nitrogen and oxygen atoms in total. The molecule has 2 rings (SSSR count). The van der Waals surface area contributed by atoms with Crippen molar-refractivity contribution in [2.45, 2.75) is 18.4 Å². The van der Waals surface area contributed by atoms with Crippen LogP contribution in [-0.2, 0) is 16.0 Å². The van der Waals surface area contributed by atoms with Crippen molar-refractivity contribution < 1.29 is 30.1 Å². The SMILES string of the molecule is O=C(O)/C(C[C@@](O)(Cc1c[nH]c2ccccc12)C(=O)O)=N/O. The highest BCUT2D eigenvalue weighted by atomic mass is 16.4. The van der Waals surface area contributed by atoms with E-state index >= 15 is 0 Å². The molecule has 5 N–H and O–H groups in total. The predicted octanol–water partition coefficient (Wildman–Crippen LogP) is 0.831. The molecule has 116 valence electrons. The third-order valence-electron chi connectivity index (χ3n) is 3.38. The van der Waals surface area contributed by atoms with Crippen molar-refractivity contribution >= 4 is 28.6 Å². The molecule has 0 radical (unpaired) electrons. The largest absolute Gasteiger partial charge is 0.479 e. The number of aromatic nitrogens is 1. The average Bonchev–Trinajstić information content (AvgIpc) is 2.87. The minimum absolute atomic E-state index is 0.335. The number of aliphatic carboxylic acids is 2. The van der Waals surface area contributed by atoms with Gasteiger partial charge in [0.2, 0.25) is 0 Å². The molecule has 0 aliphatic rings. The number of rotatable bonds is 6. The number of benzene rings is 1. The Balaban J connectivity index is 2.36. The van der Waals surface area contributed by atoms with Crippen molar-refractivity contribution in [1.82, 2.24) is 4.98 Å². The molecule has 0 spiro atoms. The van der Waals surface area contributed by atoms with Crippen LogP contribution in [-0.4, -0.2) is 48.8 Å². The fraction of sp³-hybridized carbons (Fsp3) is 0.214. The Morgan fingerprint density at radius 2 is 1.91 bits per heavy atom. The molecule has 1 atom stereocenters. The zero-order valence-corrected chi connectivity index (χ0v) is 11.4. The molecule has 0 saturated carbocycles. The molecule has 0 saturated heterocycles. The Morgan fingerprint density at radius 1 is 1.23 bits per heavy atom. The summed E-state index contributed by atoms with van der Waals surface area (Å²) in [4.78, 5) is 25.2. The van der Waals surface area contributed by atoms with Crippen LogP contribution >= 0.6 is 0 Å². The van der Waals surface area contributed by atoms with Crippen LogP contribution in [0.25, 0.3) is 10.9 Å². The van der Waals surface area contributed by atoms with Gasteiger partial charge in [-0.05, 0) is 11.6 Å². The molecular formula is C14H14N2O6. The van der Waals surface area contributed by atoms with Crippen LogP contribution in [0.15, 0.2) is 35.6 Å². The molecule has 1 heterocycles. The van der Waals surface area contributed by atoms with Gasteiger partial charge in [-0.15, -0.1) is 0 Å². The van der Waals surface area contributed by atoms with Crippen molar-refractivity contribution in [2.75, 3.05) is 0 Å². The van der Waals surface area contributed by atoms with E-state index < -0.39 is 29.7 Å². The first kappa shape index (κ1) is 15.5. The summed E-state index contributed by atoms with van der Waals surface area (Å²) in [6.45, 7) is 0. The van der Waals surface area contributed by atoms with Gasteiger partial charge in [-0.25, -0.2) is 9.59 Å². The van der Waals surface area contributed by atoms with Crippen LogP contribution in [0.4, 0.5) is 0 Å². The van der Waals surface area contributed by atoms with Crippen molar-refractivity contribution in [1.29, 1.82) is 0 Å². The molecule has 0 fully saturated rings. The lowest BCUT2D eigenvalue weighted by Crippen LogP contribution is -2.44. The molecule has 1 aromatic heterocycles. The predicted molar refractivity (Wildman–Crippen MR) is 76.1 cm³/mol. The van der Waals surface area contributed by atoms with Crippen LogP contribution in [0.3, 0.4) is 0 Å². The van der Waals surface area contributed by atoms with E-state index in [1.54, 1.807) is 30.5 Å². The zero-order valence-electron chi connectivity index (χ0n) is 11.4. The lowest BCUT2D eigenvalue weighted by atomic mass is 9.89. The van der Waals surface area contributed by atoms with Crippen molar-refractivity contribution in [3.8, 4) is 0 Å². The molecule has 1 aromatic carbocycles. The number of nitrogens with one attached hydrogen (secondary N) is 1. The molecular weight excluding hydrogens is 292 g/mol. The van der Waals surface area contributed by atoms with E-state index in [-0.39, 0.29) is 6.42 Å². The second-order valence-electron chi connectivity index (χ2n) is 4.90. The van der Waals surface area contributed by atoms with Crippen LogP contribution in [0, 0.1) is 0 Å². The van der Waals surface area contributed by atoms with Gasteiger partial charge in [-0.2, -0.15) is 0 Å². The number of carboxylic acids is 2. The summed E-state index contributed by atoms with van der Waals surface area (Å²) in [5.41, 5.74) is -1.95. The number of carboxylic acid groups (broad SMARTS) is 2. The molecule has 0 amide bonds. The first-order chi connectivity index (χ1) is 10.4. The Bertz CT molecular complexity index is 751. The van der Waals surface area contributed by atoms with Crippen molar-refractivity contribution in [3.63, 3.8) is 0 Å². The van der Waals surface area contributed by atoms with E-state index in [1.165, 1.54) is 0 Å². The Kier molecular flexibility index (Phi) is 4.13. The lowest BCUT2D eigenvalue weighted by Gasteiger charge is -2.22. The van der Waals surface area contributed by atoms with Crippen LogP contribution in [0.2, 0.25) is 0 Å². The molecule has 2 aromatic rings. The van der Waals surface area contributed by atoms with Gasteiger partial charge in [0.15, 0.2) is 11.3 Å². The number of hydrogen-bond donors (Lipinski definition) is 5. The number of fused-ring (bicyclic) bond motifs is 1. The van der Waals surface area contributed by atoms with Crippen LogP contribution in [0.5, 0.6) is 0 Å². The minimum atomic E-state index is -2.40. The Labute approximate surface area is 124 Å². The molecule has 8 heteroatoms. The van der Waals surface area contributed by atoms with E-state index in [1.807, 2.05) is 0 Å². The summed E-state index contributed by atoms with van der Waals surface area (Å²) in [6, 6.07) is 7.10. The highest BCUT2D eigenvalue weighted by Gasteiger charge is 2.40. The van der Waals surface area contributed by atoms with Gasteiger partial charge < -0.3 is 25.5 Å². The maximum Gasteiger partial charge on any atom is 0.353 e. The number of aliphatic hydroxyl groups is 1. The zero-order chi connectivity index (χ0) is 16.3. The minimum Gasteiger partial charge on any atom is -0.479 e. The standard InChI is InChI=1S/C14H14N2O6/c17-12(18)11(16-22)6-14(21,13(19)20)5-8-7-15-10-4-2-1-3-9(8)10/h1-4,7,15,21-22H,5-6H2,(H,17,18)(H,19,20)/b16-11+/t14-/m0/s1. The van der Waals surface area contributed by atoms with Crippen LogP contribution in [0.1, 0.15) is 12.0 Å². The van der Waals surface area contributed by atoms with Gasteiger partial charge in [0.1, 0.15) is 0 Å². The fourth-order valence-corrected chi connectivity index (χ4v) is 2.24. The van der Waals surface area contributed by atoms with E-state index in [4.69, 9.17) is 10.3 Å². The number of aromatic amines is 1. The molecule has 0 aliphatic carbocycles. The van der Waals surface area contributed by atoms with Gasteiger partial charge >= 0.3 is 11.9 Å². The third kappa shape index (κ3) is 2.91. The lowest BCUT2D eigenvalue weighted by molar-refractivity contribution is -0.157. The quantitative estimate of drug-likeness (QED) is 0.304. The summed E-state index contributed by atoms with van der Waals surface area (Å²) in [5, 5.41) is 40.2. The van der Waals surface area contributed by atoms with E-state index in [2.05, 4.69) is 10.1 Å². The van der Waals surface area contributed by atoms with Crippen molar-refractivity contribution in [3.05, 3.63) is 36.0 Å². The highest BCUT2D eigenvalue weighted by molar-refractivity contribution is 6.36. The number of H-pyrrole nitrogens is 1. The van der Waals surface area contributed by atoms with Gasteiger partial charge in [0.25, 0.3) is 0 Å². The second-order valence-corrected chi connectivity index (χ2v) is 4.90. The number of hydrogen-bond acceptors (Lipinski definition) is 5. The van der Waals surface area contributed by atoms with E-state index in [9.17, 15) is 19.8 Å². The fourth-order valence-electron chi connectivity index (χ4n) is 2.24. The summed E-state index contributed by atoms with van der Waals surface area (Å²) in [7, 11) is 0. The van der Waals surface area contributed by atoms with Gasteiger partial charge in [-0.1, -0.05) is 23.4 Å². The van der Waals surface area contributed by atoms with Gasteiger partial charge in [0, 0.05) is 29.9 Å². The number of para-hydroxylation sites is 1. The first-order valence-corrected chi connectivity index (χ1v) is 6.32. The molecule has 0 bridgehead atoms. The maximum absolute atomic E-state index is 11.4. The molecule has 0 unspecified atom stereocenters. The van der Waals surface area contributed by atoms with Gasteiger partial charge in [0.05, 0.1) is 0 Å². The summed E-state index contributed by atoms with van der Waals surface area (Å²) >= 11 is 0. The number of carbonyl (C=O) groups is 2. The number of oxime groups is 1. The smallest absolute Gasteiger partial charge is 0.353 e. The summed E-state index contributed by atoms with van der Waals surface area (Å²) < 4.78 is 0. The van der Waals surface area contributed by atoms with Gasteiger partial charge in [-0.3, -0.25) is 0 Å². The Morgan fingerprint density at radius 3 is 2.50 bits per heavy atom. The monoisotopic (exact) mass is 306 g/mol. The van der Waals surface area contributed by atoms with E-state index in [0.29, 0.717) is 5.56 Å². The normalized spacial score (nSPS) is 14.7. The topological polar surface area (TPSA) is 143 Å². The highest BCUT2D eigenvalue weighted by Crippen LogP contribution is 2.25. The first-order valence-electron chi connectivity index (χ1n) is 6.32. The molecule has 0 aliphatic heterocycles. The average molecular weight is 306 g/mol. The number of nitrogens with zero attached hydrogens (tertiary/aromatic N) is 1.